The van der Waals surface area contributed by atoms with Crippen LogP contribution in [-0.4, -0.2) is 21.5 Å². The van der Waals surface area contributed by atoms with Crippen LogP contribution in [0.1, 0.15) is 12.6 Å². The number of pyridine rings is 1. The molecule has 4 nitrogen and oxygen atoms in total. The van der Waals surface area contributed by atoms with Crippen LogP contribution >= 0.6 is 0 Å². The Labute approximate surface area is 117 Å². The molecular weight excluding hydrogens is 248 g/mol. The minimum Gasteiger partial charge on any atom is -0.370 e. The van der Waals surface area contributed by atoms with Gasteiger partial charge in [-0.3, -0.25) is 4.98 Å². The Hall–Kier alpha value is -2.49. The summed E-state index contributed by atoms with van der Waals surface area (Å²) in [5.41, 5.74) is 2.92. The van der Waals surface area contributed by atoms with E-state index in [0.29, 0.717) is 0 Å². The van der Waals surface area contributed by atoms with E-state index in [1.54, 1.807) is 6.20 Å². The van der Waals surface area contributed by atoms with Crippen LogP contribution in [0, 0.1) is 6.92 Å². The number of nitrogens with zero attached hydrogens (tertiary/aromatic N) is 3. The van der Waals surface area contributed by atoms with Gasteiger partial charge in [-0.15, -0.1) is 0 Å². The van der Waals surface area contributed by atoms with Crippen molar-refractivity contribution in [2.75, 3.05) is 11.9 Å². The maximum atomic E-state index is 4.59. The number of para-hydroxylation sites is 1. The number of nitrogens with one attached hydrogen (secondary N) is 1. The molecule has 0 spiro atoms. The zero-order valence-electron chi connectivity index (χ0n) is 11.6. The summed E-state index contributed by atoms with van der Waals surface area (Å²) >= 11 is 0. The molecule has 20 heavy (non-hydrogen) atoms. The third-order valence-electron chi connectivity index (χ3n) is 3.10. The molecule has 0 bridgehead atoms. The molecule has 0 saturated carbocycles. The van der Waals surface area contributed by atoms with Gasteiger partial charge in [-0.2, -0.15) is 0 Å². The second-order valence-electron chi connectivity index (χ2n) is 4.62. The Balaban J connectivity index is 2.20. The molecule has 4 heteroatoms. The van der Waals surface area contributed by atoms with Crippen LogP contribution in [0.5, 0.6) is 0 Å². The third kappa shape index (κ3) is 2.32. The molecule has 3 aromatic rings. The minimum atomic E-state index is 0.736. The van der Waals surface area contributed by atoms with Crippen molar-refractivity contribution in [2.24, 2.45) is 0 Å². The minimum absolute atomic E-state index is 0.736. The van der Waals surface area contributed by atoms with Gasteiger partial charge in [0.1, 0.15) is 5.82 Å². The first kappa shape index (κ1) is 12.5. The highest BCUT2D eigenvalue weighted by atomic mass is 15.0. The molecule has 0 aliphatic heterocycles. The summed E-state index contributed by atoms with van der Waals surface area (Å²) in [5.74, 6) is 1.59. The van der Waals surface area contributed by atoms with Gasteiger partial charge < -0.3 is 5.32 Å². The molecule has 2 heterocycles. The Kier molecular flexibility index (Phi) is 3.29. The normalized spacial score (nSPS) is 10.7. The number of rotatable bonds is 3. The van der Waals surface area contributed by atoms with Gasteiger partial charge in [-0.25, -0.2) is 9.97 Å². The van der Waals surface area contributed by atoms with Crippen molar-refractivity contribution >= 4 is 16.7 Å². The van der Waals surface area contributed by atoms with Crippen molar-refractivity contribution in [3.63, 3.8) is 0 Å². The SMILES string of the molecule is CCNc1cc(C)nc(-c2ccnc3ccccc23)n1. The fourth-order valence-corrected chi connectivity index (χ4v) is 2.25. The fraction of sp³-hybridized carbons (Fsp3) is 0.188. The number of aryl methyl sites for hydroxylation is 1. The second-order valence-corrected chi connectivity index (χ2v) is 4.62. The quantitative estimate of drug-likeness (QED) is 0.787. The first-order valence-corrected chi connectivity index (χ1v) is 6.71. The zero-order valence-corrected chi connectivity index (χ0v) is 11.6. The summed E-state index contributed by atoms with van der Waals surface area (Å²) < 4.78 is 0. The number of fused-ring (bicyclic) bond motifs is 1. The molecule has 0 unspecified atom stereocenters. The summed E-state index contributed by atoms with van der Waals surface area (Å²) in [7, 11) is 0. The smallest absolute Gasteiger partial charge is 0.162 e. The summed E-state index contributed by atoms with van der Waals surface area (Å²) in [6, 6.07) is 12.0. The van der Waals surface area contributed by atoms with E-state index in [0.717, 1.165) is 40.3 Å². The number of hydrogen-bond acceptors (Lipinski definition) is 4. The van der Waals surface area contributed by atoms with Crippen molar-refractivity contribution in [1.82, 2.24) is 15.0 Å². The van der Waals surface area contributed by atoms with Crippen molar-refractivity contribution in [2.45, 2.75) is 13.8 Å². The number of hydrogen-bond donors (Lipinski definition) is 1. The number of anilines is 1. The molecule has 3 rings (SSSR count). The van der Waals surface area contributed by atoms with Crippen LogP contribution in [0.4, 0.5) is 5.82 Å². The van der Waals surface area contributed by atoms with E-state index in [-0.39, 0.29) is 0 Å². The van der Waals surface area contributed by atoms with Gasteiger partial charge in [0.05, 0.1) is 5.52 Å². The molecular formula is C16H16N4. The molecule has 0 fully saturated rings. The molecule has 0 atom stereocenters. The van der Waals surface area contributed by atoms with Crippen LogP contribution < -0.4 is 5.32 Å². The highest BCUT2D eigenvalue weighted by Crippen LogP contribution is 2.25. The average molecular weight is 264 g/mol. The topological polar surface area (TPSA) is 50.7 Å². The molecule has 0 radical (unpaired) electrons. The highest BCUT2D eigenvalue weighted by Gasteiger charge is 2.08. The lowest BCUT2D eigenvalue weighted by Gasteiger charge is -2.08. The molecule has 100 valence electrons. The monoisotopic (exact) mass is 264 g/mol. The largest absolute Gasteiger partial charge is 0.370 e. The lowest BCUT2D eigenvalue weighted by atomic mass is 10.1. The van der Waals surface area contributed by atoms with Crippen molar-refractivity contribution in [1.29, 1.82) is 0 Å². The molecule has 0 aliphatic rings. The van der Waals surface area contributed by atoms with E-state index in [9.17, 15) is 0 Å². The van der Waals surface area contributed by atoms with Crippen LogP contribution in [0.2, 0.25) is 0 Å². The highest BCUT2D eigenvalue weighted by molar-refractivity contribution is 5.92. The van der Waals surface area contributed by atoms with Gasteiger partial charge in [0, 0.05) is 35.5 Å². The molecule has 1 aromatic carbocycles. The molecule has 1 N–H and O–H groups in total. The molecule has 0 aliphatic carbocycles. The lowest BCUT2D eigenvalue weighted by Crippen LogP contribution is -2.02. The summed E-state index contributed by atoms with van der Waals surface area (Å²) in [5, 5.41) is 4.31. The van der Waals surface area contributed by atoms with E-state index >= 15 is 0 Å². The third-order valence-corrected chi connectivity index (χ3v) is 3.10. The van der Waals surface area contributed by atoms with Crippen molar-refractivity contribution in [3.8, 4) is 11.4 Å². The number of aromatic nitrogens is 3. The maximum Gasteiger partial charge on any atom is 0.162 e. The standard InChI is InChI=1S/C16H16N4/c1-3-17-15-10-11(2)19-16(20-15)13-8-9-18-14-7-5-4-6-12(13)14/h4-10H,3H2,1-2H3,(H,17,19,20). The average Bonchev–Trinajstić information content (AvgIpc) is 2.46. The van der Waals surface area contributed by atoms with Crippen molar-refractivity contribution in [3.05, 3.63) is 48.3 Å². The lowest BCUT2D eigenvalue weighted by molar-refractivity contribution is 1.08. The zero-order chi connectivity index (χ0) is 13.9. The fourth-order valence-electron chi connectivity index (χ4n) is 2.25. The molecule has 0 amide bonds. The number of benzene rings is 1. The Morgan fingerprint density at radius 3 is 2.80 bits per heavy atom. The first-order chi connectivity index (χ1) is 9.78. The van der Waals surface area contributed by atoms with E-state index in [4.69, 9.17) is 0 Å². The van der Waals surface area contributed by atoms with Gasteiger partial charge in [0.25, 0.3) is 0 Å². The second kappa shape index (κ2) is 5.25. The van der Waals surface area contributed by atoms with Crippen LogP contribution in [-0.2, 0) is 0 Å². The predicted molar refractivity (Wildman–Crippen MR) is 81.7 cm³/mol. The van der Waals surface area contributed by atoms with Gasteiger partial charge in [-0.05, 0) is 26.0 Å². The van der Waals surface area contributed by atoms with Crippen LogP contribution in [0.15, 0.2) is 42.6 Å². The van der Waals surface area contributed by atoms with E-state index in [1.807, 2.05) is 37.3 Å². The van der Waals surface area contributed by atoms with E-state index < -0.39 is 0 Å². The van der Waals surface area contributed by atoms with Crippen LogP contribution in [0.25, 0.3) is 22.3 Å². The van der Waals surface area contributed by atoms with Gasteiger partial charge in [-0.1, -0.05) is 18.2 Å². The molecule has 0 saturated heterocycles. The van der Waals surface area contributed by atoms with Gasteiger partial charge in [0.15, 0.2) is 5.82 Å². The van der Waals surface area contributed by atoms with E-state index in [2.05, 4.69) is 33.3 Å². The Bertz CT molecular complexity index is 747. The Morgan fingerprint density at radius 2 is 1.95 bits per heavy atom. The Morgan fingerprint density at radius 1 is 1.10 bits per heavy atom. The maximum absolute atomic E-state index is 4.59. The first-order valence-electron chi connectivity index (χ1n) is 6.71. The van der Waals surface area contributed by atoms with Crippen molar-refractivity contribution < 1.29 is 0 Å². The molecule has 2 aromatic heterocycles. The van der Waals surface area contributed by atoms with Crippen LogP contribution in [0.3, 0.4) is 0 Å². The van der Waals surface area contributed by atoms with E-state index in [1.165, 1.54) is 0 Å². The van der Waals surface area contributed by atoms with Gasteiger partial charge in [0.2, 0.25) is 0 Å². The summed E-state index contributed by atoms with van der Waals surface area (Å²) in [6.45, 7) is 4.88. The predicted octanol–water partition coefficient (Wildman–Crippen LogP) is 3.43. The van der Waals surface area contributed by atoms with Gasteiger partial charge >= 0.3 is 0 Å². The summed E-state index contributed by atoms with van der Waals surface area (Å²) in [6.07, 6.45) is 1.80. The summed E-state index contributed by atoms with van der Waals surface area (Å²) in [4.78, 5) is 13.5.